The third-order valence-electron chi connectivity index (χ3n) is 4.72. The number of benzene rings is 2. The Balaban J connectivity index is 1.64. The Morgan fingerprint density at radius 3 is 2.69 bits per heavy atom. The quantitative estimate of drug-likeness (QED) is 0.877. The van der Waals surface area contributed by atoms with Crippen molar-refractivity contribution in [2.45, 2.75) is 38.4 Å². The van der Waals surface area contributed by atoms with Gasteiger partial charge >= 0.3 is 0 Å². The predicted octanol–water partition coefficient (Wildman–Crippen LogP) is 4.12. The highest BCUT2D eigenvalue weighted by molar-refractivity contribution is 6.33. The highest BCUT2D eigenvalue weighted by atomic mass is 35.5. The number of hydrogen-bond donors (Lipinski definition) is 1. The Hall–Kier alpha value is -2.04. The summed E-state index contributed by atoms with van der Waals surface area (Å²) in [7, 11) is 0. The molecule has 1 aliphatic heterocycles. The highest BCUT2D eigenvalue weighted by Gasteiger charge is 2.32. The summed E-state index contributed by atoms with van der Waals surface area (Å²) in [4.78, 5) is 14.3. The van der Waals surface area contributed by atoms with Gasteiger partial charge in [0.05, 0.1) is 17.1 Å². The standard InChI is InChI=1S/C21H24ClNO3/c1-14(2)15-6-5-7-16(12-15)26-20-10-11-23(13-19(20)24)21(25)17-8-3-4-9-18(17)22/h3-9,12,14,19-20,24H,10-11,13H2,1-2H3/t19-,20-/m1/s1. The Labute approximate surface area is 159 Å². The Morgan fingerprint density at radius 1 is 1.23 bits per heavy atom. The Kier molecular flexibility index (Phi) is 5.84. The van der Waals surface area contributed by atoms with Crippen LogP contribution >= 0.6 is 11.6 Å². The van der Waals surface area contributed by atoms with Gasteiger partial charge in [-0.05, 0) is 35.7 Å². The second-order valence-corrected chi connectivity index (χ2v) is 7.38. The second kappa shape index (κ2) is 8.11. The molecule has 26 heavy (non-hydrogen) atoms. The van der Waals surface area contributed by atoms with E-state index in [0.717, 1.165) is 5.75 Å². The normalized spacial score (nSPS) is 20.3. The molecule has 138 valence electrons. The lowest BCUT2D eigenvalue weighted by Crippen LogP contribution is -2.51. The second-order valence-electron chi connectivity index (χ2n) is 6.97. The summed E-state index contributed by atoms with van der Waals surface area (Å²) >= 11 is 6.12. The molecule has 1 amide bonds. The molecule has 1 fully saturated rings. The van der Waals surface area contributed by atoms with Crippen molar-refractivity contribution < 1.29 is 14.6 Å². The van der Waals surface area contributed by atoms with E-state index in [1.165, 1.54) is 5.56 Å². The third kappa shape index (κ3) is 4.19. The molecule has 1 N–H and O–H groups in total. The van der Waals surface area contributed by atoms with Crippen LogP contribution in [0.3, 0.4) is 0 Å². The minimum Gasteiger partial charge on any atom is -0.488 e. The summed E-state index contributed by atoms with van der Waals surface area (Å²) in [6, 6.07) is 14.9. The summed E-state index contributed by atoms with van der Waals surface area (Å²) in [5, 5.41) is 10.9. The Bertz CT molecular complexity index is 777. The molecule has 0 aromatic heterocycles. The van der Waals surface area contributed by atoms with E-state index in [4.69, 9.17) is 16.3 Å². The van der Waals surface area contributed by atoms with E-state index < -0.39 is 6.10 Å². The number of nitrogens with zero attached hydrogens (tertiary/aromatic N) is 1. The molecule has 1 saturated heterocycles. The molecule has 2 aromatic carbocycles. The van der Waals surface area contributed by atoms with Crippen molar-refractivity contribution in [3.8, 4) is 5.75 Å². The van der Waals surface area contributed by atoms with Gasteiger partial charge in [-0.1, -0.05) is 49.7 Å². The zero-order chi connectivity index (χ0) is 18.7. The fraction of sp³-hybridized carbons (Fsp3) is 0.381. The van der Waals surface area contributed by atoms with E-state index in [9.17, 15) is 9.90 Å². The number of rotatable bonds is 4. The Morgan fingerprint density at radius 2 is 2.00 bits per heavy atom. The number of hydrogen-bond acceptors (Lipinski definition) is 3. The summed E-state index contributed by atoms with van der Waals surface area (Å²) < 4.78 is 6.00. The number of amides is 1. The first-order valence-electron chi connectivity index (χ1n) is 8.94. The SMILES string of the molecule is CC(C)c1cccc(O[C@@H]2CCN(C(=O)c3ccccc3Cl)C[C@H]2O)c1. The number of β-amino-alcohol motifs (C(OH)–C–C–N with tert-alkyl or cyclic N) is 1. The van der Waals surface area contributed by atoms with Gasteiger partial charge in [0.15, 0.2) is 0 Å². The van der Waals surface area contributed by atoms with Crippen LogP contribution in [0.4, 0.5) is 0 Å². The van der Waals surface area contributed by atoms with E-state index in [1.807, 2.05) is 18.2 Å². The number of likely N-dealkylation sites (tertiary alicyclic amines) is 1. The van der Waals surface area contributed by atoms with Gasteiger partial charge in [-0.3, -0.25) is 4.79 Å². The average Bonchev–Trinajstić information content (AvgIpc) is 2.63. The maximum absolute atomic E-state index is 12.6. The minimum absolute atomic E-state index is 0.157. The molecule has 0 unspecified atom stereocenters. The first kappa shape index (κ1) is 18.7. The van der Waals surface area contributed by atoms with Crippen LogP contribution in [0.2, 0.25) is 5.02 Å². The molecular weight excluding hydrogens is 350 g/mol. The van der Waals surface area contributed by atoms with Crippen molar-refractivity contribution in [2.75, 3.05) is 13.1 Å². The molecule has 4 nitrogen and oxygen atoms in total. The number of carbonyl (C=O) groups is 1. The number of aliphatic hydroxyl groups excluding tert-OH is 1. The van der Waals surface area contributed by atoms with Gasteiger partial charge in [-0.15, -0.1) is 0 Å². The molecule has 0 saturated carbocycles. The number of carbonyl (C=O) groups excluding carboxylic acids is 1. The molecule has 2 atom stereocenters. The van der Waals surface area contributed by atoms with Crippen molar-refractivity contribution >= 4 is 17.5 Å². The summed E-state index contributed by atoms with van der Waals surface area (Å²) in [6.07, 6.45) is -0.492. The first-order valence-corrected chi connectivity index (χ1v) is 9.32. The maximum Gasteiger partial charge on any atom is 0.255 e. The van der Waals surface area contributed by atoms with Gasteiger partial charge in [0, 0.05) is 13.0 Å². The van der Waals surface area contributed by atoms with Crippen molar-refractivity contribution in [1.82, 2.24) is 4.90 Å². The van der Waals surface area contributed by atoms with Crippen LogP contribution in [0, 0.1) is 0 Å². The molecule has 0 bridgehead atoms. The lowest BCUT2D eigenvalue weighted by atomic mass is 10.0. The largest absolute Gasteiger partial charge is 0.488 e. The van der Waals surface area contributed by atoms with Crippen LogP contribution in [0.5, 0.6) is 5.75 Å². The highest BCUT2D eigenvalue weighted by Crippen LogP contribution is 2.25. The van der Waals surface area contributed by atoms with Crippen LogP contribution < -0.4 is 4.74 Å². The van der Waals surface area contributed by atoms with Gasteiger partial charge in [0.25, 0.3) is 5.91 Å². The van der Waals surface area contributed by atoms with E-state index in [1.54, 1.807) is 29.2 Å². The average molecular weight is 374 g/mol. The van der Waals surface area contributed by atoms with Gasteiger partial charge in [-0.2, -0.15) is 0 Å². The third-order valence-corrected chi connectivity index (χ3v) is 5.05. The van der Waals surface area contributed by atoms with Crippen molar-refractivity contribution in [3.05, 3.63) is 64.7 Å². The smallest absolute Gasteiger partial charge is 0.255 e. The lowest BCUT2D eigenvalue weighted by molar-refractivity contribution is -0.0199. The molecule has 1 heterocycles. The molecule has 0 radical (unpaired) electrons. The zero-order valence-corrected chi connectivity index (χ0v) is 15.8. The van der Waals surface area contributed by atoms with Crippen molar-refractivity contribution in [2.24, 2.45) is 0 Å². The summed E-state index contributed by atoms with van der Waals surface area (Å²) in [6.45, 7) is 5.02. The molecule has 3 rings (SSSR count). The maximum atomic E-state index is 12.6. The molecule has 5 heteroatoms. The molecule has 2 aromatic rings. The zero-order valence-electron chi connectivity index (χ0n) is 15.1. The summed E-state index contributed by atoms with van der Waals surface area (Å²) in [5.41, 5.74) is 1.66. The molecule has 0 aliphatic carbocycles. The van der Waals surface area contributed by atoms with Crippen LogP contribution in [0.25, 0.3) is 0 Å². The topological polar surface area (TPSA) is 49.8 Å². The van der Waals surface area contributed by atoms with Gasteiger partial charge in [0.2, 0.25) is 0 Å². The molecular formula is C21H24ClNO3. The van der Waals surface area contributed by atoms with Gasteiger partial charge in [0.1, 0.15) is 18.0 Å². The van der Waals surface area contributed by atoms with Crippen LogP contribution in [0.15, 0.2) is 48.5 Å². The fourth-order valence-corrected chi connectivity index (χ4v) is 3.38. The van der Waals surface area contributed by atoms with Crippen molar-refractivity contribution in [3.63, 3.8) is 0 Å². The van der Waals surface area contributed by atoms with Crippen LogP contribution in [-0.2, 0) is 0 Å². The number of ether oxygens (including phenoxy) is 1. The molecule has 0 spiro atoms. The first-order chi connectivity index (χ1) is 12.5. The number of aliphatic hydroxyl groups is 1. The lowest BCUT2D eigenvalue weighted by Gasteiger charge is -2.36. The van der Waals surface area contributed by atoms with Crippen LogP contribution in [0.1, 0.15) is 42.1 Å². The number of piperidine rings is 1. The fourth-order valence-electron chi connectivity index (χ4n) is 3.16. The van der Waals surface area contributed by atoms with Gasteiger partial charge in [-0.25, -0.2) is 0 Å². The summed E-state index contributed by atoms with van der Waals surface area (Å²) in [5.74, 6) is 1.01. The van der Waals surface area contributed by atoms with E-state index in [-0.39, 0.29) is 18.6 Å². The van der Waals surface area contributed by atoms with E-state index in [0.29, 0.717) is 29.5 Å². The number of halogens is 1. The predicted molar refractivity (Wildman–Crippen MR) is 103 cm³/mol. The molecule has 1 aliphatic rings. The minimum atomic E-state index is -0.738. The monoisotopic (exact) mass is 373 g/mol. The van der Waals surface area contributed by atoms with Crippen molar-refractivity contribution in [1.29, 1.82) is 0 Å². The van der Waals surface area contributed by atoms with E-state index in [2.05, 4.69) is 19.9 Å². The van der Waals surface area contributed by atoms with E-state index >= 15 is 0 Å². The van der Waals surface area contributed by atoms with Crippen LogP contribution in [-0.4, -0.2) is 41.2 Å². The van der Waals surface area contributed by atoms with Gasteiger partial charge < -0.3 is 14.7 Å².